The molecule has 6 nitrogen and oxygen atoms in total. The van der Waals surface area contributed by atoms with Crippen molar-refractivity contribution in [2.75, 3.05) is 0 Å². The summed E-state index contributed by atoms with van der Waals surface area (Å²) in [7, 11) is 0. The molecule has 0 aliphatic carbocycles. The topological polar surface area (TPSA) is 74.5 Å². The Morgan fingerprint density at radius 2 is 1.62 bits per heavy atom. The van der Waals surface area contributed by atoms with Crippen LogP contribution in [0.4, 0.5) is 0 Å². The molecule has 0 aliphatic heterocycles. The van der Waals surface area contributed by atoms with Gasteiger partial charge < -0.3 is 13.9 Å². The van der Waals surface area contributed by atoms with Crippen molar-refractivity contribution in [1.29, 1.82) is 0 Å². The number of fused-ring (bicyclic) bond motifs is 1. The molecule has 0 fully saturated rings. The van der Waals surface area contributed by atoms with Crippen molar-refractivity contribution in [3.05, 3.63) is 108 Å². The quantitative estimate of drug-likeness (QED) is 0.259. The first-order valence-electron chi connectivity index (χ1n) is 10.1. The van der Waals surface area contributed by atoms with Gasteiger partial charge in [-0.15, -0.1) is 0 Å². The molecule has 0 bridgehead atoms. The number of carbonyl (C=O) groups excluding carboxylic acids is 1. The Kier molecular flexibility index (Phi) is 5.32. The summed E-state index contributed by atoms with van der Waals surface area (Å²) in [5.74, 6) is 0.991. The first-order valence-corrected chi connectivity index (χ1v) is 10.1. The van der Waals surface area contributed by atoms with Gasteiger partial charge in [0.1, 0.15) is 29.3 Å². The predicted molar refractivity (Wildman–Crippen MR) is 119 cm³/mol. The normalized spacial score (nSPS) is 10.8. The van der Waals surface area contributed by atoms with Gasteiger partial charge in [-0.25, -0.2) is 9.78 Å². The summed E-state index contributed by atoms with van der Waals surface area (Å²) < 4.78 is 17.0. The van der Waals surface area contributed by atoms with Crippen LogP contribution in [-0.4, -0.2) is 15.9 Å². The predicted octanol–water partition coefficient (Wildman–Crippen LogP) is 5.69. The van der Waals surface area contributed by atoms with E-state index in [9.17, 15) is 4.79 Å². The molecule has 0 unspecified atom stereocenters. The van der Waals surface area contributed by atoms with Gasteiger partial charge in [-0.05, 0) is 54.1 Å². The summed E-state index contributed by atoms with van der Waals surface area (Å²) in [6.45, 7) is 0.461. The molecule has 5 aromatic rings. The van der Waals surface area contributed by atoms with Crippen molar-refractivity contribution in [1.82, 2.24) is 9.97 Å². The molecule has 2 aromatic heterocycles. The van der Waals surface area contributed by atoms with E-state index in [2.05, 4.69) is 9.97 Å². The molecule has 32 heavy (non-hydrogen) atoms. The Bertz CT molecular complexity index is 1350. The van der Waals surface area contributed by atoms with Crippen LogP contribution in [0.1, 0.15) is 15.9 Å². The van der Waals surface area contributed by atoms with E-state index >= 15 is 0 Å². The standard InChI is InChI=1S/C26H18N2O4/c29-26(19-9-11-20(12-10-19)30-17-18-6-2-1-3-7-18)31-21-13-14-22-24(16-21)32-25(28-22)23-8-4-5-15-27-23/h1-16H,17H2. The lowest BCUT2D eigenvalue weighted by Gasteiger charge is -2.07. The van der Waals surface area contributed by atoms with E-state index in [1.54, 1.807) is 48.7 Å². The second kappa shape index (κ2) is 8.73. The molecule has 0 atom stereocenters. The van der Waals surface area contributed by atoms with Gasteiger partial charge >= 0.3 is 5.97 Å². The van der Waals surface area contributed by atoms with Crippen LogP contribution in [-0.2, 0) is 6.61 Å². The Morgan fingerprint density at radius 3 is 2.41 bits per heavy atom. The summed E-state index contributed by atoms with van der Waals surface area (Å²) >= 11 is 0. The van der Waals surface area contributed by atoms with E-state index in [1.807, 2.05) is 48.5 Å². The van der Waals surface area contributed by atoms with Crippen LogP contribution >= 0.6 is 0 Å². The van der Waals surface area contributed by atoms with E-state index in [1.165, 1.54) is 0 Å². The number of oxazole rings is 1. The van der Waals surface area contributed by atoms with Crippen LogP contribution in [0, 0.1) is 0 Å². The summed E-state index contributed by atoms with van der Waals surface area (Å²) in [5, 5.41) is 0. The first-order chi connectivity index (χ1) is 15.7. The molecule has 156 valence electrons. The fourth-order valence-corrected chi connectivity index (χ4v) is 3.16. The monoisotopic (exact) mass is 422 g/mol. The van der Waals surface area contributed by atoms with Gasteiger partial charge in [0.2, 0.25) is 5.89 Å². The van der Waals surface area contributed by atoms with Crippen LogP contribution < -0.4 is 9.47 Å². The lowest BCUT2D eigenvalue weighted by molar-refractivity contribution is 0.0735. The average molecular weight is 422 g/mol. The third-order valence-corrected chi connectivity index (χ3v) is 4.79. The smallest absolute Gasteiger partial charge is 0.343 e. The van der Waals surface area contributed by atoms with E-state index in [-0.39, 0.29) is 0 Å². The summed E-state index contributed by atoms with van der Waals surface area (Å²) in [4.78, 5) is 21.2. The molecule has 0 aliphatic rings. The van der Waals surface area contributed by atoms with Gasteiger partial charge in [0.25, 0.3) is 0 Å². The molecule has 0 radical (unpaired) electrons. The lowest BCUT2D eigenvalue weighted by atomic mass is 10.2. The fourth-order valence-electron chi connectivity index (χ4n) is 3.16. The van der Waals surface area contributed by atoms with Crippen LogP contribution in [0.3, 0.4) is 0 Å². The van der Waals surface area contributed by atoms with Crippen molar-refractivity contribution in [2.45, 2.75) is 6.61 Å². The lowest BCUT2D eigenvalue weighted by Crippen LogP contribution is -2.08. The minimum absolute atomic E-state index is 0.371. The summed E-state index contributed by atoms with van der Waals surface area (Å²) in [6.07, 6.45) is 1.68. The number of pyridine rings is 1. The first kappa shape index (κ1) is 19.5. The van der Waals surface area contributed by atoms with Crippen molar-refractivity contribution in [3.63, 3.8) is 0 Å². The van der Waals surface area contributed by atoms with E-state index < -0.39 is 5.97 Å². The van der Waals surface area contributed by atoms with E-state index in [0.717, 1.165) is 5.56 Å². The molecule has 0 N–H and O–H groups in total. The molecule has 6 heteroatoms. The van der Waals surface area contributed by atoms with Gasteiger partial charge in [-0.3, -0.25) is 4.98 Å². The molecular formula is C26H18N2O4. The Hall–Kier alpha value is -4.45. The Balaban J connectivity index is 1.26. The van der Waals surface area contributed by atoms with Crippen LogP contribution in [0.25, 0.3) is 22.7 Å². The van der Waals surface area contributed by atoms with Crippen molar-refractivity contribution in [2.24, 2.45) is 0 Å². The minimum Gasteiger partial charge on any atom is -0.489 e. The maximum atomic E-state index is 12.5. The number of hydrogen-bond donors (Lipinski definition) is 0. The zero-order chi connectivity index (χ0) is 21.8. The highest BCUT2D eigenvalue weighted by Crippen LogP contribution is 2.26. The van der Waals surface area contributed by atoms with Gasteiger partial charge in [-0.1, -0.05) is 36.4 Å². The molecule has 3 aromatic carbocycles. The molecule has 0 amide bonds. The zero-order valence-corrected chi connectivity index (χ0v) is 17.0. The van der Waals surface area contributed by atoms with Crippen LogP contribution in [0.5, 0.6) is 11.5 Å². The number of benzene rings is 3. The number of aromatic nitrogens is 2. The molecule has 0 spiro atoms. The molecular weight excluding hydrogens is 404 g/mol. The van der Waals surface area contributed by atoms with Gasteiger partial charge in [0.05, 0.1) is 5.56 Å². The second-order valence-corrected chi connectivity index (χ2v) is 7.05. The number of rotatable bonds is 6. The number of hydrogen-bond acceptors (Lipinski definition) is 6. The highest BCUT2D eigenvalue weighted by atomic mass is 16.5. The molecule has 0 saturated heterocycles. The number of esters is 1. The van der Waals surface area contributed by atoms with Crippen LogP contribution in [0.2, 0.25) is 0 Å². The Labute approximate surface area is 184 Å². The third kappa shape index (κ3) is 4.34. The number of nitrogens with zero attached hydrogens (tertiary/aromatic N) is 2. The largest absolute Gasteiger partial charge is 0.489 e. The SMILES string of the molecule is O=C(Oc1ccc2nc(-c3ccccn3)oc2c1)c1ccc(OCc2ccccc2)cc1. The molecule has 2 heterocycles. The molecule has 0 saturated carbocycles. The summed E-state index contributed by atoms with van der Waals surface area (Å²) in [6, 6.07) is 27.3. The zero-order valence-electron chi connectivity index (χ0n) is 17.0. The Morgan fingerprint density at radius 1 is 0.844 bits per heavy atom. The van der Waals surface area contributed by atoms with Crippen LogP contribution in [0.15, 0.2) is 102 Å². The molecule has 5 rings (SSSR count). The minimum atomic E-state index is -0.469. The summed E-state index contributed by atoms with van der Waals surface area (Å²) in [5.41, 5.74) is 3.30. The van der Waals surface area contributed by atoms with Crippen molar-refractivity contribution < 1.29 is 18.7 Å². The van der Waals surface area contributed by atoms with Gasteiger partial charge in [0, 0.05) is 12.3 Å². The van der Waals surface area contributed by atoms with E-state index in [0.29, 0.717) is 46.4 Å². The maximum Gasteiger partial charge on any atom is 0.343 e. The second-order valence-electron chi connectivity index (χ2n) is 7.05. The van der Waals surface area contributed by atoms with Gasteiger partial charge in [0.15, 0.2) is 5.58 Å². The number of ether oxygens (including phenoxy) is 2. The fraction of sp³-hybridized carbons (Fsp3) is 0.0385. The average Bonchev–Trinajstić information content (AvgIpc) is 3.28. The highest BCUT2D eigenvalue weighted by molar-refractivity contribution is 5.91. The maximum absolute atomic E-state index is 12.5. The van der Waals surface area contributed by atoms with Crippen molar-refractivity contribution in [3.8, 4) is 23.1 Å². The third-order valence-electron chi connectivity index (χ3n) is 4.79. The highest BCUT2D eigenvalue weighted by Gasteiger charge is 2.13. The van der Waals surface area contributed by atoms with Crippen molar-refractivity contribution >= 4 is 17.1 Å². The number of carbonyl (C=O) groups is 1. The van der Waals surface area contributed by atoms with E-state index in [4.69, 9.17) is 13.9 Å². The van der Waals surface area contributed by atoms with Gasteiger partial charge in [-0.2, -0.15) is 0 Å².